The summed E-state index contributed by atoms with van der Waals surface area (Å²) < 4.78 is 30.2. The summed E-state index contributed by atoms with van der Waals surface area (Å²) in [6, 6.07) is 0. The smallest absolute Gasteiger partial charge is 0.306 e. The fraction of sp³-hybridized carbons (Fsp3) is 0.929. The molecule has 0 radical (unpaired) electrons. The van der Waals surface area contributed by atoms with Crippen molar-refractivity contribution >= 4 is 5.97 Å². The molecule has 0 unspecified atom stereocenters. The first kappa shape index (κ1) is 17.3. The normalized spacial score (nSPS) is 12.7. The van der Waals surface area contributed by atoms with E-state index >= 15 is 0 Å². The summed E-state index contributed by atoms with van der Waals surface area (Å²) >= 11 is 0. The van der Waals surface area contributed by atoms with E-state index in [0.717, 1.165) is 19.3 Å². The third-order valence-electron chi connectivity index (χ3n) is 3.02. The van der Waals surface area contributed by atoms with Crippen molar-refractivity contribution in [2.75, 3.05) is 6.61 Å². The molecule has 0 N–H and O–H groups in total. The van der Waals surface area contributed by atoms with Gasteiger partial charge in [-0.25, -0.2) is 8.78 Å². The Kier molecular flexibility index (Phi) is 11.0. The molecule has 18 heavy (non-hydrogen) atoms. The topological polar surface area (TPSA) is 26.3 Å². The van der Waals surface area contributed by atoms with Crippen molar-refractivity contribution in [1.29, 1.82) is 0 Å². The van der Waals surface area contributed by atoms with Gasteiger partial charge in [-0.05, 0) is 13.3 Å². The fourth-order valence-electron chi connectivity index (χ4n) is 1.94. The molecule has 0 aliphatic rings. The fourth-order valence-corrected chi connectivity index (χ4v) is 1.94. The van der Waals surface area contributed by atoms with Crippen molar-refractivity contribution in [1.82, 2.24) is 0 Å². The van der Waals surface area contributed by atoms with Crippen LogP contribution in [-0.2, 0) is 9.53 Å². The van der Waals surface area contributed by atoms with Gasteiger partial charge in [0.05, 0.1) is 13.0 Å². The lowest BCUT2D eigenvalue weighted by Gasteiger charge is -2.14. The third-order valence-corrected chi connectivity index (χ3v) is 3.02. The lowest BCUT2D eigenvalue weighted by molar-refractivity contribution is -0.145. The van der Waals surface area contributed by atoms with Crippen molar-refractivity contribution in [2.24, 2.45) is 5.92 Å². The molecule has 2 nitrogen and oxygen atoms in total. The van der Waals surface area contributed by atoms with Crippen LogP contribution in [0.25, 0.3) is 0 Å². The van der Waals surface area contributed by atoms with Gasteiger partial charge < -0.3 is 4.74 Å². The second-order valence-electron chi connectivity index (χ2n) is 4.66. The van der Waals surface area contributed by atoms with E-state index in [0.29, 0.717) is 6.42 Å². The molecule has 0 aliphatic heterocycles. The number of ether oxygens (including phenoxy) is 1. The second kappa shape index (κ2) is 11.4. The highest BCUT2D eigenvalue weighted by atomic mass is 19.3. The largest absolute Gasteiger partial charge is 0.466 e. The number of halogens is 2. The molecule has 0 rings (SSSR count). The minimum Gasteiger partial charge on any atom is -0.466 e. The van der Waals surface area contributed by atoms with Crippen LogP contribution >= 0.6 is 0 Å². The summed E-state index contributed by atoms with van der Waals surface area (Å²) in [6.07, 6.45) is 4.26. The molecule has 0 spiro atoms. The van der Waals surface area contributed by atoms with Gasteiger partial charge in [-0.2, -0.15) is 0 Å². The number of carbonyl (C=O) groups is 1. The number of alkyl halides is 2. The Balaban J connectivity index is 3.73. The molecule has 0 bridgehead atoms. The van der Waals surface area contributed by atoms with E-state index in [4.69, 9.17) is 4.74 Å². The van der Waals surface area contributed by atoms with E-state index in [2.05, 4.69) is 6.92 Å². The maximum Gasteiger partial charge on any atom is 0.306 e. The van der Waals surface area contributed by atoms with E-state index in [9.17, 15) is 13.6 Å². The van der Waals surface area contributed by atoms with E-state index in [-0.39, 0.29) is 13.0 Å². The van der Waals surface area contributed by atoms with Crippen molar-refractivity contribution in [2.45, 2.75) is 71.6 Å². The van der Waals surface area contributed by atoms with Crippen LogP contribution < -0.4 is 0 Å². The van der Waals surface area contributed by atoms with Crippen LogP contribution in [0.4, 0.5) is 8.78 Å². The Morgan fingerprint density at radius 2 is 1.67 bits per heavy atom. The molecular formula is C14H26F2O2. The standard InChI is InChI=1S/C14H26F2O2/c1-3-5-6-7-8-9-10-12(14(15)16)11-13(17)18-4-2/h12,14H,3-11H2,1-2H3/t12-/m0/s1. The van der Waals surface area contributed by atoms with Gasteiger partial charge in [-0.3, -0.25) is 4.79 Å². The molecule has 0 amide bonds. The first-order chi connectivity index (χ1) is 8.61. The van der Waals surface area contributed by atoms with Gasteiger partial charge in [0.1, 0.15) is 0 Å². The minimum absolute atomic E-state index is 0.152. The molecule has 0 heterocycles. The predicted octanol–water partition coefficient (Wildman–Crippen LogP) is 4.57. The Bertz CT molecular complexity index is 208. The quantitative estimate of drug-likeness (QED) is 0.403. The van der Waals surface area contributed by atoms with Crippen LogP contribution in [0, 0.1) is 5.92 Å². The van der Waals surface area contributed by atoms with Crippen LogP contribution in [0.15, 0.2) is 0 Å². The summed E-state index contributed by atoms with van der Waals surface area (Å²) in [5.74, 6) is -1.34. The van der Waals surface area contributed by atoms with Gasteiger partial charge in [0.25, 0.3) is 0 Å². The number of esters is 1. The first-order valence-electron chi connectivity index (χ1n) is 7.05. The molecule has 0 saturated heterocycles. The summed E-state index contributed by atoms with van der Waals surface area (Å²) in [7, 11) is 0. The third kappa shape index (κ3) is 9.37. The van der Waals surface area contributed by atoms with Crippen molar-refractivity contribution in [3.05, 3.63) is 0 Å². The van der Waals surface area contributed by atoms with Gasteiger partial charge in [0, 0.05) is 5.92 Å². The average Bonchev–Trinajstić information content (AvgIpc) is 2.32. The molecule has 108 valence electrons. The van der Waals surface area contributed by atoms with Gasteiger partial charge in [0.15, 0.2) is 0 Å². The van der Waals surface area contributed by atoms with Gasteiger partial charge in [0.2, 0.25) is 6.43 Å². The van der Waals surface area contributed by atoms with E-state index in [1.165, 1.54) is 19.3 Å². The number of carbonyl (C=O) groups excluding carboxylic acids is 1. The number of rotatable bonds is 11. The first-order valence-corrected chi connectivity index (χ1v) is 7.05. The average molecular weight is 264 g/mol. The monoisotopic (exact) mass is 264 g/mol. The molecule has 0 fully saturated rings. The SMILES string of the molecule is CCCCCCCC[C@@H](CC(=O)OCC)C(F)F. The Hall–Kier alpha value is -0.670. The zero-order valence-electron chi connectivity index (χ0n) is 11.6. The zero-order valence-corrected chi connectivity index (χ0v) is 11.6. The highest BCUT2D eigenvalue weighted by Gasteiger charge is 2.23. The molecule has 4 heteroatoms. The predicted molar refractivity (Wildman–Crippen MR) is 68.7 cm³/mol. The zero-order chi connectivity index (χ0) is 13.8. The number of hydrogen-bond acceptors (Lipinski definition) is 2. The van der Waals surface area contributed by atoms with Crippen molar-refractivity contribution < 1.29 is 18.3 Å². The molecule has 0 aliphatic carbocycles. The molecule has 0 aromatic carbocycles. The number of hydrogen-bond donors (Lipinski definition) is 0. The molecule has 0 saturated carbocycles. The minimum atomic E-state index is -2.43. The summed E-state index contributed by atoms with van der Waals surface area (Å²) in [5, 5.41) is 0. The molecule has 1 atom stereocenters. The van der Waals surface area contributed by atoms with E-state index in [1.54, 1.807) is 6.92 Å². The van der Waals surface area contributed by atoms with E-state index in [1.807, 2.05) is 0 Å². The Morgan fingerprint density at radius 3 is 2.22 bits per heavy atom. The summed E-state index contributed by atoms with van der Waals surface area (Å²) in [5.41, 5.74) is 0. The van der Waals surface area contributed by atoms with Gasteiger partial charge in [-0.1, -0.05) is 45.4 Å². The highest BCUT2D eigenvalue weighted by molar-refractivity contribution is 5.69. The summed E-state index contributed by atoms with van der Waals surface area (Å²) in [4.78, 5) is 11.2. The molecular weight excluding hydrogens is 238 g/mol. The lowest BCUT2D eigenvalue weighted by atomic mass is 9.97. The Labute approximate surface area is 109 Å². The maximum absolute atomic E-state index is 12.7. The van der Waals surface area contributed by atoms with Crippen LogP contribution in [0.5, 0.6) is 0 Å². The maximum atomic E-state index is 12.7. The van der Waals surface area contributed by atoms with Crippen LogP contribution in [0.3, 0.4) is 0 Å². The molecule has 0 aromatic heterocycles. The van der Waals surface area contributed by atoms with Crippen LogP contribution in [-0.4, -0.2) is 19.0 Å². The van der Waals surface area contributed by atoms with Crippen molar-refractivity contribution in [3.8, 4) is 0 Å². The highest BCUT2D eigenvalue weighted by Crippen LogP contribution is 2.22. The van der Waals surface area contributed by atoms with Gasteiger partial charge in [-0.15, -0.1) is 0 Å². The Morgan fingerprint density at radius 1 is 1.06 bits per heavy atom. The van der Waals surface area contributed by atoms with E-state index < -0.39 is 18.3 Å². The summed E-state index contributed by atoms with van der Waals surface area (Å²) in [6.45, 7) is 4.08. The van der Waals surface area contributed by atoms with Crippen molar-refractivity contribution in [3.63, 3.8) is 0 Å². The second-order valence-corrected chi connectivity index (χ2v) is 4.66. The molecule has 0 aromatic rings. The van der Waals surface area contributed by atoms with Crippen LogP contribution in [0.1, 0.15) is 65.2 Å². The van der Waals surface area contributed by atoms with Crippen LogP contribution in [0.2, 0.25) is 0 Å². The lowest BCUT2D eigenvalue weighted by Crippen LogP contribution is -2.18. The van der Waals surface area contributed by atoms with Gasteiger partial charge >= 0.3 is 5.97 Å². The number of unbranched alkanes of at least 4 members (excludes halogenated alkanes) is 5.